The number of thiophene rings is 1. The number of hydrogen-bond donors (Lipinski definition) is 0. The van der Waals surface area contributed by atoms with E-state index in [0.717, 1.165) is 61.5 Å². The van der Waals surface area contributed by atoms with Crippen LogP contribution in [0, 0.1) is 0 Å². The first kappa shape index (κ1) is 35.8. The van der Waals surface area contributed by atoms with E-state index in [-0.39, 0.29) is 0 Å². The molecule has 0 atom stereocenters. The minimum absolute atomic E-state index is 0.559. The lowest BCUT2D eigenvalue weighted by molar-refractivity contribution is 1.06. The Morgan fingerprint density at radius 2 is 0.855 bits per heavy atom. The van der Waals surface area contributed by atoms with Crippen LogP contribution in [-0.2, 0) is 0 Å². The molecule has 4 heterocycles. The van der Waals surface area contributed by atoms with Crippen LogP contribution < -0.4 is 0 Å². The Balaban J connectivity index is 1.19. The summed E-state index contributed by atoms with van der Waals surface area (Å²) in [6, 6.07) is 71.4. The predicted octanol–water partition coefficient (Wildman–Crippen LogP) is 14.1. The van der Waals surface area contributed by atoms with Crippen molar-refractivity contribution in [2.45, 2.75) is 0 Å². The molecule has 7 heteroatoms. The number of para-hydroxylation sites is 1. The number of nitrogens with zero attached hydrogens (tertiary/aromatic N) is 6. The smallest absolute Gasteiger partial charge is 0.166 e. The summed E-state index contributed by atoms with van der Waals surface area (Å²) in [7, 11) is 0. The Bertz CT molecular complexity index is 3510. The van der Waals surface area contributed by atoms with E-state index in [1.54, 1.807) is 0 Å². The third kappa shape index (κ3) is 6.14. The van der Waals surface area contributed by atoms with Crippen LogP contribution in [0.15, 0.2) is 206 Å². The third-order valence-corrected chi connectivity index (χ3v) is 12.6. The van der Waals surface area contributed by atoms with Crippen molar-refractivity contribution in [1.29, 1.82) is 0 Å². The van der Waals surface area contributed by atoms with Gasteiger partial charge in [0.1, 0.15) is 0 Å². The van der Waals surface area contributed by atoms with E-state index >= 15 is 0 Å². The Morgan fingerprint density at radius 1 is 0.339 bits per heavy atom. The highest BCUT2D eigenvalue weighted by atomic mass is 32.1. The minimum Gasteiger partial charge on any atom is -0.308 e. The number of hydrogen-bond acceptors (Lipinski definition) is 6. The fourth-order valence-corrected chi connectivity index (χ4v) is 9.69. The van der Waals surface area contributed by atoms with E-state index in [1.807, 2.05) is 108 Å². The van der Waals surface area contributed by atoms with Crippen molar-refractivity contribution in [1.82, 2.24) is 29.5 Å². The molecular formula is C55H34N6S. The Labute approximate surface area is 361 Å². The van der Waals surface area contributed by atoms with Gasteiger partial charge < -0.3 is 4.57 Å². The molecule has 0 N–H and O–H groups in total. The van der Waals surface area contributed by atoms with Crippen LogP contribution in [0.25, 0.3) is 116 Å². The van der Waals surface area contributed by atoms with E-state index in [0.29, 0.717) is 23.3 Å². The maximum atomic E-state index is 5.33. The van der Waals surface area contributed by atoms with Gasteiger partial charge in [0.15, 0.2) is 23.3 Å². The molecule has 12 rings (SSSR count). The van der Waals surface area contributed by atoms with Gasteiger partial charge in [-0.25, -0.2) is 24.9 Å². The van der Waals surface area contributed by atoms with Crippen molar-refractivity contribution < 1.29 is 0 Å². The van der Waals surface area contributed by atoms with E-state index in [1.165, 1.54) is 30.9 Å². The first-order valence-corrected chi connectivity index (χ1v) is 21.4. The van der Waals surface area contributed by atoms with Crippen LogP contribution in [0.1, 0.15) is 0 Å². The van der Waals surface area contributed by atoms with E-state index < -0.39 is 0 Å². The van der Waals surface area contributed by atoms with Crippen LogP contribution in [0.5, 0.6) is 0 Å². The monoisotopic (exact) mass is 810 g/mol. The van der Waals surface area contributed by atoms with Gasteiger partial charge in [-0.1, -0.05) is 170 Å². The summed E-state index contributed by atoms with van der Waals surface area (Å²) in [5.74, 6) is 2.40. The maximum Gasteiger partial charge on any atom is 0.166 e. The summed E-state index contributed by atoms with van der Waals surface area (Å²) in [5.41, 5.74) is 10.4. The molecule has 0 radical (unpaired) electrons. The summed E-state index contributed by atoms with van der Waals surface area (Å²) in [4.78, 5) is 26.1. The second-order valence-electron chi connectivity index (χ2n) is 15.2. The Morgan fingerprint density at radius 3 is 1.50 bits per heavy atom. The topological polar surface area (TPSA) is 69.4 Å². The minimum atomic E-state index is 0.559. The molecule has 0 spiro atoms. The standard InChI is InChI=1S/C55H34N6S/c1-5-17-35(18-6-1)44-34-45(57-52(56-44)36-19-7-2-8-20-36)39-29-31-47(43(33-39)55-59-53(37-21-9-3-10-22-37)58-54(60-55)38-23-11-4-12-24-38)61-46-27-15-13-25-40(46)41-30-32-49-50(51(41)61)42-26-14-16-28-48(42)62-49/h1-34H. The highest BCUT2D eigenvalue weighted by Gasteiger charge is 2.23. The molecule has 0 unspecified atom stereocenters. The fraction of sp³-hybridized carbons (Fsp3) is 0. The van der Waals surface area contributed by atoms with Gasteiger partial charge in [-0.05, 0) is 36.4 Å². The number of benzene rings is 8. The maximum absolute atomic E-state index is 5.33. The normalized spacial score (nSPS) is 11.5. The summed E-state index contributed by atoms with van der Waals surface area (Å²) >= 11 is 1.83. The van der Waals surface area contributed by atoms with Crippen LogP contribution in [0.2, 0.25) is 0 Å². The van der Waals surface area contributed by atoms with Gasteiger partial charge in [-0.2, -0.15) is 0 Å². The zero-order valence-corrected chi connectivity index (χ0v) is 34.0. The molecule has 12 aromatic rings. The highest BCUT2D eigenvalue weighted by Crippen LogP contribution is 2.45. The van der Waals surface area contributed by atoms with Gasteiger partial charge in [0.05, 0.1) is 28.1 Å². The SMILES string of the molecule is c1ccc(-c2cc(-c3ccc(-n4c5ccccc5c5ccc6sc7ccccc7c6c54)c(-c4nc(-c5ccccc5)nc(-c5ccccc5)n4)c3)nc(-c3ccccc3)n2)cc1. The fourth-order valence-electron chi connectivity index (χ4n) is 8.58. The van der Waals surface area contributed by atoms with Gasteiger partial charge in [0.25, 0.3) is 0 Å². The summed E-state index contributed by atoms with van der Waals surface area (Å²) in [6.07, 6.45) is 0. The molecule has 0 aliphatic carbocycles. The average molecular weight is 811 g/mol. The highest BCUT2D eigenvalue weighted by molar-refractivity contribution is 7.26. The van der Waals surface area contributed by atoms with Crippen molar-refractivity contribution in [3.63, 3.8) is 0 Å². The molecule has 0 aliphatic heterocycles. The van der Waals surface area contributed by atoms with Crippen LogP contribution in [0.3, 0.4) is 0 Å². The number of fused-ring (bicyclic) bond motifs is 7. The summed E-state index contributed by atoms with van der Waals surface area (Å²) in [5, 5.41) is 4.83. The molecule has 0 aliphatic rings. The lowest BCUT2D eigenvalue weighted by atomic mass is 10.0. The van der Waals surface area contributed by atoms with Crippen molar-refractivity contribution in [2.24, 2.45) is 0 Å². The zero-order chi connectivity index (χ0) is 41.0. The van der Waals surface area contributed by atoms with Crippen molar-refractivity contribution in [3.8, 4) is 73.8 Å². The van der Waals surface area contributed by atoms with Gasteiger partial charge in [0, 0.05) is 64.3 Å². The van der Waals surface area contributed by atoms with E-state index in [2.05, 4.69) is 114 Å². The molecule has 290 valence electrons. The molecule has 8 aromatic carbocycles. The molecule has 0 saturated heterocycles. The lowest BCUT2D eigenvalue weighted by Gasteiger charge is -2.17. The lowest BCUT2D eigenvalue weighted by Crippen LogP contribution is -2.04. The van der Waals surface area contributed by atoms with Gasteiger partial charge in [-0.15, -0.1) is 11.3 Å². The van der Waals surface area contributed by atoms with Crippen molar-refractivity contribution in [2.75, 3.05) is 0 Å². The predicted molar refractivity (Wildman–Crippen MR) is 255 cm³/mol. The molecule has 0 bridgehead atoms. The first-order valence-electron chi connectivity index (χ1n) is 20.6. The van der Waals surface area contributed by atoms with E-state index in [4.69, 9.17) is 24.9 Å². The average Bonchev–Trinajstić information content (AvgIpc) is 3.90. The molecule has 62 heavy (non-hydrogen) atoms. The number of rotatable bonds is 7. The van der Waals surface area contributed by atoms with Gasteiger partial charge >= 0.3 is 0 Å². The molecule has 0 saturated carbocycles. The van der Waals surface area contributed by atoms with Gasteiger partial charge in [0.2, 0.25) is 0 Å². The summed E-state index contributed by atoms with van der Waals surface area (Å²) < 4.78 is 4.92. The van der Waals surface area contributed by atoms with Gasteiger partial charge in [-0.3, -0.25) is 0 Å². The second kappa shape index (κ2) is 14.9. The van der Waals surface area contributed by atoms with Crippen molar-refractivity contribution in [3.05, 3.63) is 206 Å². The third-order valence-electron chi connectivity index (χ3n) is 11.5. The molecular weight excluding hydrogens is 777 g/mol. The zero-order valence-electron chi connectivity index (χ0n) is 33.2. The van der Waals surface area contributed by atoms with Crippen LogP contribution in [0.4, 0.5) is 0 Å². The first-order chi connectivity index (χ1) is 30.7. The summed E-state index contributed by atoms with van der Waals surface area (Å²) in [6.45, 7) is 0. The van der Waals surface area contributed by atoms with Crippen LogP contribution >= 0.6 is 11.3 Å². The Hall–Kier alpha value is -8.13. The van der Waals surface area contributed by atoms with E-state index in [9.17, 15) is 0 Å². The van der Waals surface area contributed by atoms with Crippen molar-refractivity contribution >= 4 is 53.3 Å². The molecule has 6 nitrogen and oxygen atoms in total. The molecule has 0 fully saturated rings. The van der Waals surface area contributed by atoms with Crippen LogP contribution in [-0.4, -0.2) is 29.5 Å². The largest absolute Gasteiger partial charge is 0.308 e. The molecule has 4 aromatic heterocycles. The second-order valence-corrected chi connectivity index (χ2v) is 16.3. The molecule has 0 amide bonds. The quantitative estimate of drug-likeness (QED) is 0.160. The number of aromatic nitrogens is 6. The Kier molecular flexibility index (Phi) is 8.57.